The predicted octanol–water partition coefficient (Wildman–Crippen LogP) is 3.00. The summed E-state index contributed by atoms with van der Waals surface area (Å²) in [7, 11) is 0. The number of halogens is 1. The summed E-state index contributed by atoms with van der Waals surface area (Å²) in [4.78, 5) is 28.4. The minimum Gasteiger partial charge on any atom is -0.474 e. The van der Waals surface area contributed by atoms with Crippen molar-refractivity contribution in [2.75, 3.05) is 11.5 Å². The van der Waals surface area contributed by atoms with Crippen LogP contribution in [0, 0.1) is 5.82 Å². The smallest absolute Gasteiger partial charge is 0.412 e. The molecule has 1 unspecified atom stereocenters. The topological polar surface area (TPSA) is 89.0 Å². The maximum absolute atomic E-state index is 13.1. The molecule has 2 heterocycles. The highest BCUT2D eigenvalue weighted by molar-refractivity contribution is 5.89. The molecular weight excluding hydrogens is 343 g/mol. The summed E-state index contributed by atoms with van der Waals surface area (Å²) in [6.45, 7) is 3.11. The van der Waals surface area contributed by atoms with Crippen LogP contribution in [0.1, 0.15) is 25.0 Å². The molecule has 0 bridgehead atoms. The summed E-state index contributed by atoms with van der Waals surface area (Å²) in [5, 5.41) is 9.50. The fraction of sp³-hybridized carbons (Fsp3) is 0.278. The minimum atomic E-state index is -1.13. The lowest BCUT2D eigenvalue weighted by molar-refractivity contribution is -0.132. The number of fused-ring (bicyclic) bond motifs is 1. The van der Waals surface area contributed by atoms with E-state index < -0.39 is 12.1 Å². The molecule has 26 heavy (non-hydrogen) atoms. The van der Waals surface area contributed by atoms with Gasteiger partial charge in [0, 0.05) is 18.9 Å². The summed E-state index contributed by atoms with van der Waals surface area (Å²) in [6.07, 6.45) is -0.845. The first-order valence-corrected chi connectivity index (χ1v) is 7.97. The molecule has 1 aromatic heterocycles. The first kappa shape index (κ1) is 17.7. The van der Waals surface area contributed by atoms with Crippen molar-refractivity contribution < 1.29 is 28.6 Å². The number of carbonyl (C=O) groups excluding carboxylic acids is 1. The van der Waals surface area contributed by atoms with Crippen LogP contribution in [0.5, 0.6) is 11.8 Å². The van der Waals surface area contributed by atoms with Crippen LogP contribution in [0.4, 0.5) is 14.9 Å². The fourth-order valence-electron chi connectivity index (χ4n) is 2.77. The van der Waals surface area contributed by atoms with E-state index in [1.807, 2.05) is 0 Å². The number of hydrogen-bond acceptors (Lipinski definition) is 5. The van der Waals surface area contributed by atoms with E-state index in [1.54, 1.807) is 25.1 Å². The van der Waals surface area contributed by atoms with E-state index in [-0.39, 0.29) is 42.3 Å². The molecule has 0 spiro atoms. The zero-order valence-electron chi connectivity index (χ0n) is 14.2. The third kappa shape index (κ3) is 3.58. The molecule has 136 valence electrons. The monoisotopic (exact) mass is 360 g/mol. The summed E-state index contributed by atoms with van der Waals surface area (Å²) in [5.74, 6) is -0.793. The van der Waals surface area contributed by atoms with E-state index >= 15 is 0 Å². The fourth-order valence-corrected chi connectivity index (χ4v) is 2.77. The first-order valence-electron chi connectivity index (χ1n) is 7.97. The van der Waals surface area contributed by atoms with Crippen molar-refractivity contribution in [3.63, 3.8) is 0 Å². The van der Waals surface area contributed by atoms with Crippen LogP contribution in [-0.2, 0) is 11.2 Å². The molecule has 0 aliphatic carbocycles. The maximum atomic E-state index is 13.1. The third-order valence-electron chi connectivity index (χ3n) is 3.92. The molecule has 1 N–H and O–H groups in total. The van der Waals surface area contributed by atoms with E-state index in [0.717, 1.165) is 10.5 Å². The Morgan fingerprint density at radius 1 is 1.38 bits per heavy atom. The predicted molar refractivity (Wildman–Crippen MR) is 90.2 cm³/mol. The molecule has 1 atom stereocenters. The van der Waals surface area contributed by atoms with Crippen LogP contribution in [0.3, 0.4) is 0 Å². The van der Waals surface area contributed by atoms with Crippen LogP contribution in [0.25, 0.3) is 0 Å². The molecule has 0 radical (unpaired) electrons. The second kappa shape index (κ2) is 6.99. The molecule has 1 aromatic carbocycles. The molecule has 1 amide bonds. The Morgan fingerprint density at radius 3 is 2.69 bits per heavy atom. The van der Waals surface area contributed by atoms with Gasteiger partial charge in [0.25, 0.3) is 0 Å². The molecular formula is C18H17FN2O5. The quantitative estimate of drug-likeness (QED) is 0.847. The van der Waals surface area contributed by atoms with E-state index in [0.29, 0.717) is 5.56 Å². The van der Waals surface area contributed by atoms with E-state index in [9.17, 15) is 19.1 Å². The number of carboxylic acid groups (broad SMARTS) is 1. The van der Waals surface area contributed by atoms with Crippen LogP contribution in [0.15, 0.2) is 30.3 Å². The Kier molecular flexibility index (Phi) is 4.75. The summed E-state index contributed by atoms with van der Waals surface area (Å²) < 4.78 is 23.8. The number of amides is 1. The zero-order valence-corrected chi connectivity index (χ0v) is 14.2. The number of carbonyl (C=O) groups is 2. The third-order valence-corrected chi connectivity index (χ3v) is 3.92. The Hall–Kier alpha value is -3.16. The van der Waals surface area contributed by atoms with Gasteiger partial charge in [-0.15, -0.1) is 0 Å². The molecule has 1 aliphatic heterocycles. The van der Waals surface area contributed by atoms with Gasteiger partial charge < -0.3 is 14.6 Å². The van der Waals surface area contributed by atoms with Gasteiger partial charge in [-0.2, -0.15) is 4.98 Å². The van der Waals surface area contributed by atoms with Gasteiger partial charge in [0.1, 0.15) is 18.1 Å². The minimum absolute atomic E-state index is 0.0421. The van der Waals surface area contributed by atoms with Gasteiger partial charge in [-0.25, -0.2) is 9.18 Å². The molecule has 0 saturated heterocycles. The van der Waals surface area contributed by atoms with E-state index in [2.05, 4.69) is 4.98 Å². The van der Waals surface area contributed by atoms with Crippen molar-refractivity contribution >= 4 is 17.7 Å². The largest absolute Gasteiger partial charge is 0.474 e. The number of aromatic nitrogens is 1. The Labute approximate surface area is 149 Å². The van der Waals surface area contributed by atoms with Gasteiger partial charge in [0.2, 0.25) is 11.8 Å². The molecule has 2 aromatic rings. The Bertz CT molecular complexity index is 853. The van der Waals surface area contributed by atoms with Crippen LogP contribution < -0.4 is 14.4 Å². The van der Waals surface area contributed by atoms with Gasteiger partial charge in [-0.3, -0.25) is 9.69 Å². The number of nitrogens with zero attached hydrogens (tertiary/aromatic N) is 2. The van der Waals surface area contributed by atoms with Gasteiger partial charge in [-0.1, -0.05) is 12.1 Å². The van der Waals surface area contributed by atoms with Gasteiger partial charge in [-0.05, 0) is 30.7 Å². The first-order chi connectivity index (χ1) is 12.3. The number of benzene rings is 1. The molecule has 0 fully saturated rings. The van der Waals surface area contributed by atoms with Crippen LogP contribution in [-0.4, -0.2) is 34.8 Å². The van der Waals surface area contributed by atoms with Crippen molar-refractivity contribution in [1.29, 1.82) is 0 Å². The average Bonchev–Trinajstić information content (AvgIpc) is 2.56. The van der Waals surface area contributed by atoms with E-state index in [4.69, 9.17) is 9.47 Å². The van der Waals surface area contributed by atoms with Crippen LogP contribution >= 0.6 is 0 Å². The van der Waals surface area contributed by atoms with Crippen molar-refractivity contribution in [3.8, 4) is 11.8 Å². The number of esters is 1. The Morgan fingerprint density at radius 2 is 2.08 bits per heavy atom. The summed E-state index contributed by atoms with van der Waals surface area (Å²) in [5.41, 5.74) is 1.53. The normalized spacial score (nSPS) is 15.8. The average molecular weight is 360 g/mol. The molecule has 1 aliphatic rings. The van der Waals surface area contributed by atoms with E-state index in [1.165, 1.54) is 19.1 Å². The van der Waals surface area contributed by atoms with Crippen LogP contribution in [0.2, 0.25) is 0 Å². The van der Waals surface area contributed by atoms with Gasteiger partial charge >= 0.3 is 12.1 Å². The Balaban J connectivity index is 2.06. The lowest BCUT2D eigenvalue weighted by Gasteiger charge is -2.32. The van der Waals surface area contributed by atoms with Gasteiger partial charge in [0.05, 0.1) is 6.04 Å². The van der Waals surface area contributed by atoms with Crippen molar-refractivity contribution in [1.82, 2.24) is 4.98 Å². The molecule has 0 saturated carbocycles. The molecule has 8 heteroatoms. The summed E-state index contributed by atoms with van der Waals surface area (Å²) in [6, 6.07) is 7.03. The number of anilines is 1. The second-order valence-electron chi connectivity index (χ2n) is 5.99. The van der Waals surface area contributed by atoms with Crippen molar-refractivity contribution in [2.24, 2.45) is 0 Å². The lowest BCUT2D eigenvalue weighted by Crippen LogP contribution is -2.44. The zero-order chi connectivity index (χ0) is 18.8. The standard InChI is InChI=1S/C18H17FN2O5/c1-10-9-25-17-15(21(10)18(23)24)8-13(16(20-17)26-11(2)22)7-12-3-5-14(19)6-4-12/h3-6,8,10H,7,9H2,1-2H3,(H,23,24). The number of pyridine rings is 1. The second-order valence-corrected chi connectivity index (χ2v) is 5.99. The number of hydrogen-bond donors (Lipinski definition) is 1. The number of ether oxygens (including phenoxy) is 2. The lowest BCUT2D eigenvalue weighted by atomic mass is 10.0. The number of rotatable bonds is 3. The highest BCUT2D eigenvalue weighted by Gasteiger charge is 2.32. The van der Waals surface area contributed by atoms with Crippen molar-refractivity contribution in [2.45, 2.75) is 26.3 Å². The highest BCUT2D eigenvalue weighted by Crippen LogP contribution is 2.37. The van der Waals surface area contributed by atoms with Gasteiger partial charge in [0.15, 0.2) is 0 Å². The molecule has 3 rings (SSSR count). The summed E-state index contributed by atoms with van der Waals surface area (Å²) >= 11 is 0. The maximum Gasteiger partial charge on any atom is 0.412 e. The molecule has 7 nitrogen and oxygen atoms in total. The van der Waals surface area contributed by atoms with Crippen molar-refractivity contribution in [3.05, 3.63) is 47.3 Å². The SMILES string of the molecule is CC(=O)Oc1nc2c(cc1Cc1ccc(F)cc1)N(C(=O)O)C(C)CO2. The highest BCUT2D eigenvalue weighted by atomic mass is 19.1.